The summed E-state index contributed by atoms with van der Waals surface area (Å²) in [6.45, 7) is 6.01. The second kappa shape index (κ2) is 9.07. The van der Waals surface area contributed by atoms with Gasteiger partial charge < -0.3 is 14.5 Å². The lowest BCUT2D eigenvalue weighted by atomic mass is 10.2. The van der Waals surface area contributed by atoms with Crippen molar-refractivity contribution in [3.05, 3.63) is 44.7 Å². The summed E-state index contributed by atoms with van der Waals surface area (Å²) in [4.78, 5) is 37.6. The molecule has 0 unspecified atom stereocenters. The Balaban J connectivity index is 1.82. The fourth-order valence-corrected chi connectivity index (χ4v) is 4.93. The summed E-state index contributed by atoms with van der Waals surface area (Å²) in [5.74, 6) is 0.411. The molecule has 0 N–H and O–H groups in total. The second-order valence-electron chi connectivity index (χ2n) is 7.71. The topological polar surface area (TPSA) is 70.4 Å². The molecule has 8 nitrogen and oxygen atoms in total. The fraction of sp³-hybridized carbons (Fsp3) is 0.429. The van der Waals surface area contributed by atoms with Crippen molar-refractivity contribution in [3.63, 3.8) is 0 Å². The predicted molar refractivity (Wildman–Crippen MR) is 128 cm³/mol. The first-order valence-corrected chi connectivity index (χ1v) is 11.3. The van der Waals surface area contributed by atoms with Crippen LogP contribution in [0.25, 0.3) is 11.7 Å². The van der Waals surface area contributed by atoms with Crippen LogP contribution in [0.4, 0.5) is 5.82 Å². The number of methoxy groups -OCH3 is 1. The number of aryl methyl sites for hydroxylation is 1. The highest BCUT2D eigenvalue weighted by atomic mass is 32.2. The van der Waals surface area contributed by atoms with Crippen molar-refractivity contribution in [3.8, 4) is 0 Å². The van der Waals surface area contributed by atoms with E-state index in [0.717, 1.165) is 31.7 Å². The summed E-state index contributed by atoms with van der Waals surface area (Å²) in [6.07, 6.45) is 3.43. The van der Waals surface area contributed by atoms with Gasteiger partial charge in [0.05, 0.1) is 23.6 Å². The molecule has 4 heterocycles. The highest BCUT2D eigenvalue weighted by Crippen LogP contribution is 2.33. The van der Waals surface area contributed by atoms with Gasteiger partial charge in [0, 0.05) is 39.5 Å². The van der Waals surface area contributed by atoms with E-state index in [1.54, 1.807) is 23.8 Å². The number of rotatable bonds is 5. The molecule has 2 aromatic rings. The lowest BCUT2D eigenvalue weighted by Gasteiger charge is -2.34. The summed E-state index contributed by atoms with van der Waals surface area (Å²) in [6, 6.07) is 3.79. The summed E-state index contributed by atoms with van der Waals surface area (Å²) in [5.41, 5.74) is 1.78. The van der Waals surface area contributed by atoms with Gasteiger partial charge in [-0.1, -0.05) is 30.0 Å². The molecule has 10 heteroatoms. The van der Waals surface area contributed by atoms with Crippen molar-refractivity contribution in [1.29, 1.82) is 0 Å². The van der Waals surface area contributed by atoms with Crippen molar-refractivity contribution in [2.45, 2.75) is 6.92 Å². The molecular formula is C21H25N5O3S2. The standard InChI is InChI=1S/C21H25N5O3S2/c1-14-4-5-17-22-18(24-8-6-23(2)7-9-24)15(19(27)26(17)13-14)12-16-20(28)25(10-11-29-3)21(30)31-16/h4-5,12-13H,6-11H2,1-3H3. The van der Waals surface area contributed by atoms with Gasteiger partial charge in [0.2, 0.25) is 0 Å². The average molecular weight is 460 g/mol. The van der Waals surface area contributed by atoms with Crippen molar-refractivity contribution in [2.75, 3.05) is 58.4 Å². The molecule has 0 aliphatic carbocycles. The molecule has 1 amide bonds. The molecule has 164 valence electrons. The summed E-state index contributed by atoms with van der Waals surface area (Å²) in [5, 5.41) is 0. The third-order valence-electron chi connectivity index (χ3n) is 5.46. The maximum absolute atomic E-state index is 13.5. The number of hydrogen-bond donors (Lipinski definition) is 0. The number of thiocarbonyl (C=S) groups is 1. The van der Waals surface area contributed by atoms with Gasteiger partial charge in [-0.15, -0.1) is 0 Å². The zero-order valence-corrected chi connectivity index (χ0v) is 19.5. The van der Waals surface area contributed by atoms with E-state index in [4.69, 9.17) is 21.9 Å². The maximum atomic E-state index is 13.5. The number of amides is 1. The summed E-state index contributed by atoms with van der Waals surface area (Å²) < 4.78 is 7.10. The van der Waals surface area contributed by atoms with Gasteiger partial charge in [0.25, 0.3) is 11.5 Å². The SMILES string of the molecule is COCCN1C(=O)C(=Cc2c(N3CCN(C)CC3)nc3ccc(C)cn3c2=O)SC1=S. The van der Waals surface area contributed by atoms with Crippen molar-refractivity contribution in [1.82, 2.24) is 19.2 Å². The van der Waals surface area contributed by atoms with Gasteiger partial charge in [0.1, 0.15) is 15.8 Å². The second-order valence-corrected chi connectivity index (χ2v) is 9.38. The Morgan fingerprint density at radius 1 is 1.23 bits per heavy atom. The van der Waals surface area contributed by atoms with E-state index in [0.29, 0.717) is 39.4 Å². The molecule has 0 spiro atoms. The third kappa shape index (κ3) is 4.38. The number of hydrogen-bond acceptors (Lipinski definition) is 8. The fourth-order valence-electron chi connectivity index (χ4n) is 3.64. The largest absolute Gasteiger partial charge is 0.383 e. The predicted octanol–water partition coefficient (Wildman–Crippen LogP) is 1.60. The number of thioether (sulfide) groups is 1. The minimum atomic E-state index is -0.204. The van der Waals surface area contributed by atoms with Crippen LogP contribution in [0.3, 0.4) is 0 Å². The normalized spacial score (nSPS) is 19.3. The highest BCUT2D eigenvalue weighted by molar-refractivity contribution is 8.26. The van der Waals surface area contributed by atoms with Crippen molar-refractivity contribution >= 4 is 51.7 Å². The summed E-state index contributed by atoms with van der Waals surface area (Å²) in [7, 11) is 3.66. The minimum Gasteiger partial charge on any atom is -0.383 e. The smallest absolute Gasteiger partial charge is 0.267 e. The number of anilines is 1. The first kappa shape index (κ1) is 21.9. The van der Waals surface area contributed by atoms with Gasteiger partial charge in [-0.25, -0.2) is 4.98 Å². The van der Waals surface area contributed by atoms with Gasteiger partial charge in [-0.3, -0.25) is 18.9 Å². The van der Waals surface area contributed by atoms with Crippen LogP contribution in [0.15, 0.2) is 28.0 Å². The molecule has 2 aromatic heterocycles. The van der Waals surface area contributed by atoms with Crippen LogP contribution in [0.1, 0.15) is 11.1 Å². The Bertz CT molecular complexity index is 1120. The Morgan fingerprint density at radius 3 is 2.68 bits per heavy atom. The highest BCUT2D eigenvalue weighted by Gasteiger charge is 2.32. The first-order valence-electron chi connectivity index (χ1n) is 10.1. The Hall–Kier alpha value is -2.27. The van der Waals surface area contributed by atoms with E-state index in [2.05, 4.69) is 16.8 Å². The van der Waals surface area contributed by atoms with Crippen LogP contribution in [0.2, 0.25) is 0 Å². The molecule has 0 atom stereocenters. The molecule has 2 aliphatic rings. The van der Waals surface area contributed by atoms with Gasteiger partial charge >= 0.3 is 0 Å². The van der Waals surface area contributed by atoms with E-state index >= 15 is 0 Å². The number of likely N-dealkylation sites (N-methyl/N-ethyl adjacent to an activating group) is 1. The summed E-state index contributed by atoms with van der Waals surface area (Å²) >= 11 is 6.59. The van der Waals surface area contributed by atoms with Gasteiger partial charge in [-0.05, 0) is 31.7 Å². The molecule has 0 radical (unpaired) electrons. The number of pyridine rings is 1. The van der Waals surface area contributed by atoms with Crippen LogP contribution >= 0.6 is 24.0 Å². The Kier molecular flexibility index (Phi) is 6.42. The van der Waals surface area contributed by atoms with Crippen LogP contribution in [0, 0.1) is 6.92 Å². The molecule has 0 aromatic carbocycles. The lowest BCUT2D eigenvalue weighted by molar-refractivity contribution is -0.122. The number of carbonyl (C=O) groups excluding carboxylic acids is 1. The Morgan fingerprint density at radius 2 is 1.97 bits per heavy atom. The van der Waals surface area contributed by atoms with Crippen LogP contribution in [-0.4, -0.2) is 82.9 Å². The van der Waals surface area contributed by atoms with Crippen LogP contribution < -0.4 is 10.5 Å². The maximum Gasteiger partial charge on any atom is 0.267 e. The van der Waals surface area contributed by atoms with Crippen molar-refractivity contribution < 1.29 is 9.53 Å². The molecule has 31 heavy (non-hydrogen) atoms. The van der Waals surface area contributed by atoms with Crippen LogP contribution in [-0.2, 0) is 9.53 Å². The van der Waals surface area contributed by atoms with E-state index in [9.17, 15) is 9.59 Å². The zero-order valence-electron chi connectivity index (χ0n) is 17.8. The van der Waals surface area contributed by atoms with E-state index in [1.165, 1.54) is 16.7 Å². The average Bonchev–Trinajstić information content (AvgIpc) is 3.02. The number of carbonyl (C=O) groups is 1. The molecular weight excluding hydrogens is 434 g/mol. The molecule has 4 rings (SSSR count). The molecule has 0 saturated carbocycles. The van der Waals surface area contributed by atoms with Gasteiger partial charge in [-0.2, -0.15) is 0 Å². The number of nitrogens with zero attached hydrogens (tertiary/aromatic N) is 5. The Labute approximate surface area is 190 Å². The molecule has 2 fully saturated rings. The molecule has 2 saturated heterocycles. The van der Waals surface area contributed by atoms with Crippen molar-refractivity contribution in [2.24, 2.45) is 0 Å². The number of aromatic nitrogens is 2. The van der Waals surface area contributed by atoms with Crippen LogP contribution in [0.5, 0.6) is 0 Å². The van der Waals surface area contributed by atoms with E-state index < -0.39 is 0 Å². The number of ether oxygens (including phenoxy) is 1. The van der Waals surface area contributed by atoms with E-state index in [1.807, 2.05) is 19.1 Å². The van der Waals surface area contributed by atoms with Gasteiger partial charge in [0.15, 0.2) is 0 Å². The third-order valence-corrected chi connectivity index (χ3v) is 6.83. The monoisotopic (exact) mass is 459 g/mol. The minimum absolute atomic E-state index is 0.190. The zero-order chi connectivity index (χ0) is 22.1. The quantitative estimate of drug-likeness (QED) is 0.493. The molecule has 0 bridgehead atoms. The number of piperazine rings is 1. The molecule has 2 aliphatic heterocycles. The van der Waals surface area contributed by atoms with E-state index in [-0.39, 0.29) is 11.5 Å². The number of fused-ring (bicyclic) bond motifs is 1. The lowest BCUT2D eigenvalue weighted by Crippen LogP contribution is -2.45. The first-order chi connectivity index (χ1) is 14.9.